The topological polar surface area (TPSA) is 114 Å². The summed E-state index contributed by atoms with van der Waals surface area (Å²) in [5.41, 5.74) is 6.14. The highest BCUT2D eigenvalue weighted by Gasteiger charge is 2.23. The average Bonchev–Trinajstić information content (AvgIpc) is 3.19. The number of nitrogens with zero attached hydrogens (tertiary/aromatic N) is 3. The minimum atomic E-state index is -3.08. The molecule has 0 amide bonds. The lowest BCUT2D eigenvalue weighted by molar-refractivity contribution is 0.583. The molecule has 0 bridgehead atoms. The van der Waals surface area contributed by atoms with Crippen LogP contribution in [0.4, 0.5) is 11.6 Å². The Balaban J connectivity index is 2.10. The first-order chi connectivity index (χ1) is 9.46. The predicted octanol–water partition coefficient (Wildman–Crippen LogP) is 0.594. The Morgan fingerprint density at radius 3 is 2.80 bits per heavy atom. The van der Waals surface area contributed by atoms with Crippen molar-refractivity contribution in [1.82, 2.24) is 9.78 Å². The molecule has 1 fully saturated rings. The van der Waals surface area contributed by atoms with Crippen LogP contribution < -0.4 is 11.1 Å². The van der Waals surface area contributed by atoms with Gasteiger partial charge in [0.25, 0.3) is 0 Å². The SMILES string of the molecule is CCS(=O)(=O)CCn1nc(NCC2CC2)c(C#N)c1N. The molecular weight excluding hydrogens is 278 g/mol. The van der Waals surface area contributed by atoms with Crippen LogP contribution in [0.1, 0.15) is 25.3 Å². The van der Waals surface area contributed by atoms with Crippen molar-refractivity contribution in [3.63, 3.8) is 0 Å². The van der Waals surface area contributed by atoms with Gasteiger partial charge >= 0.3 is 0 Å². The highest BCUT2D eigenvalue weighted by Crippen LogP contribution is 2.30. The number of hydrogen-bond donors (Lipinski definition) is 2. The van der Waals surface area contributed by atoms with Crippen LogP contribution in [0.3, 0.4) is 0 Å². The summed E-state index contributed by atoms with van der Waals surface area (Å²) in [6.07, 6.45) is 2.39. The van der Waals surface area contributed by atoms with E-state index in [4.69, 9.17) is 11.0 Å². The molecule has 0 unspecified atom stereocenters. The third-order valence-corrected chi connectivity index (χ3v) is 5.10. The zero-order valence-corrected chi connectivity index (χ0v) is 12.3. The number of aromatic nitrogens is 2. The number of nitrogens with two attached hydrogens (primary N) is 1. The third-order valence-electron chi connectivity index (χ3n) is 3.41. The molecule has 1 saturated carbocycles. The van der Waals surface area contributed by atoms with Gasteiger partial charge in [-0.2, -0.15) is 10.4 Å². The molecule has 110 valence electrons. The molecular formula is C12H19N5O2S. The summed E-state index contributed by atoms with van der Waals surface area (Å²) in [7, 11) is -3.08. The molecule has 1 aromatic heterocycles. The fourth-order valence-electron chi connectivity index (χ4n) is 1.81. The van der Waals surface area contributed by atoms with Crippen LogP contribution in [0.5, 0.6) is 0 Å². The number of sulfone groups is 1. The summed E-state index contributed by atoms with van der Waals surface area (Å²) in [6, 6.07) is 2.02. The first-order valence-corrected chi connectivity index (χ1v) is 8.49. The molecule has 0 aliphatic heterocycles. The van der Waals surface area contributed by atoms with Crippen molar-refractivity contribution in [1.29, 1.82) is 5.26 Å². The molecule has 0 aromatic carbocycles. The van der Waals surface area contributed by atoms with Crippen molar-refractivity contribution in [2.75, 3.05) is 29.1 Å². The highest BCUT2D eigenvalue weighted by molar-refractivity contribution is 7.91. The van der Waals surface area contributed by atoms with Crippen molar-refractivity contribution in [3.05, 3.63) is 5.56 Å². The zero-order chi connectivity index (χ0) is 14.8. The number of hydrogen-bond acceptors (Lipinski definition) is 6. The van der Waals surface area contributed by atoms with Crippen molar-refractivity contribution >= 4 is 21.5 Å². The smallest absolute Gasteiger partial charge is 0.168 e. The quantitative estimate of drug-likeness (QED) is 0.761. The normalized spacial score (nSPS) is 15.0. The summed E-state index contributed by atoms with van der Waals surface area (Å²) < 4.78 is 24.4. The predicted molar refractivity (Wildman–Crippen MR) is 76.9 cm³/mol. The molecule has 0 atom stereocenters. The number of nitriles is 1. The summed E-state index contributed by atoms with van der Waals surface area (Å²) in [6.45, 7) is 2.55. The van der Waals surface area contributed by atoms with Gasteiger partial charge in [0.05, 0.1) is 12.3 Å². The van der Waals surface area contributed by atoms with E-state index in [-0.39, 0.29) is 23.9 Å². The molecule has 3 N–H and O–H groups in total. The second-order valence-electron chi connectivity index (χ2n) is 5.00. The molecule has 0 spiro atoms. The molecule has 1 aliphatic rings. The summed E-state index contributed by atoms with van der Waals surface area (Å²) in [5, 5.41) is 16.5. The molecule has 1 heterocycles. The van der Waals surface area contributed by atoms with Gasteiger partial charge in [-0.1, -0.05) is 6.92 Å². The van der Waals surface area contributed by atoms with Crippen molar-refractivity contribution in [2.45, 2.75) is 26.3 Å². The number of rotatable bonds is 7. The van der Waals surface area contributed by atoms with E-state index in [0.717, 1.165) is 6.54 Å². The van der Waals surface area contributed by atoms with Gasteiger partial charge in [-0.3, -0.25) is 0 Å². The van der Waals surface area contributed by atoms with Crippen LogP contribution in [0.25, 0.3) is 0 Å². The van der Waals surface area contributed by atoms with E-state index in [0.29, 0.717) is 17.3 Å². The Kier molecular flexibility index (Phi) is 4.18. The van der Waals surface area contributed by atoms with Gasteiger partial charge in [-0.05, 0) is 18.8 Å². The summed E-state index contributed by atoms with van der Waals surface area (Å²) in [5.74, 6) is 1.38. The fourth-order valence-corrected chi connectivity index (χ4v) is 2.55. The lowest BCUT2D eigenvalue weighted by atomic mass is 10.3. The third kappa shape index (κ3) is 3.42. The van der Waals surface area contributed by atoms with E-state index in [1.165, 1.54) is 17.5 Å². The van der Waals surface area contributed by atoms with Crippen LogP contribution in [-0.4, -0.2) is 36.2 Å². The van der Waals surface area contributed by atoms with Crippen molar-refractivity contribution < 1.29 is 8.42 Å². The molecule has 0 saturated heterocycles. The second-order valence-corrected chi connectivity index (χ2v) is 7.48. The fraction of sp³-hybridized carbons (Fsp3) is 0.667. The average molecular weight is 297 g/mol. The lowest BCUT2D eigenvalue weighted by Gasteiger charge is -2.03. The number of nitrogens with one attached hydrogen (secondary N) is 1. The van der Waals surface area contributed by atoms with Crippen molar-refractivity contribution in [3.8, 4) is 6.07 Å². The Labute approximate surface area is 118 Å². The van der Waals surface area contributed by atoms with Crippen LogP contribution >= 0.6 is 0 Å². The van der Waals surface area contributed by atoms with E-state index in [2.05, 4.69) is 10.4 Å². The molecule has 1 aromatic rings. The van der Waals surface area contributed by atoms with Crippen LogP contribution in [-0.2, 0) is 16.4 Å². The van der Waals surface area contributed by atoms with Crippen LogP contribution in [0.15, 0.2) is 0 Å². The maximum atomic E-state index is 11.5. The lowest BCUT2D eigenvalue weighted by Crippen LogP contribution is -2.16. The second kappa shape index (κ2) is 5.71. The minimum absolute atomic E-state index is 0.0255. The molecule has 20 heavy (non-hydrogen) atoms. The van der Waals surface area contributed by atoms with E-state index in [9.17, 15) is 8.42 Å². The summed E-state index contributed by atoms with van der Waals surface area (Å²) in [4.78, 5) is 0. The Hall–Kier alpha value is -1.75. The standard InChI is InChI=1S/C12H19N5O2S/c1-2-20(18,19)6-5-17-11(14)10(7-13)12(16-17)15-8-9-3-4-9/h9H,2-6,8,14H2,1H3,(H,15,16). The van der Waals surface area contributed by atoms with Crippen LogP contribution in [0.2, 0.25) is 0 Å². The maximum Gasteiger partial charge on any atom is 0.168 e. The van der Waals surface area contributed by atoms with Gasteiger partial charge in [0.1, 0.15) is 17.5 Å². The van der Waals surface area contributed by atoms with Gasteiger partial charge in [0, 0.05) is 12.3 Å². The Morgan fingerprint density at radius 2 is 2.25 bits per heavy atom. The number of aryl methyl sites for hydroxylation is 1. The monoisotopic (exact) mass is 297 g/mol. The first kappa shape index (κ1) is 14.7. The largest absolute Gasteiger partial charge is 0.383 e. The maximum absolute atomic E-state index is 11.5. The van der Waals surface area contributed by atoms with Crippen molar-refractivity contribution in [2.24, 2.45) is 5.92 Å². The Bertz CT molecular complexity index is 625. The molecule has 0 radical (unpaired) electrons. The van der Waals surface area contributed by atoms with E-state index in [1.54, 1.807) is 6.92 Å². The van der Waals surface area contributed by atoms with E-state index < -0.39 is 9.84 Å². The molecule has 7 nitrogen and oxygen atoms in total. The zero-order valence-electron chi connectivity index (χ0n) is 11.5. The van der Waals surface area contributed by atoms with E-state index >= 15 is 0 Å². The Morgan fingerprint density at radius 1 is 1.55 bits per heavy atom. The van der Waals surface area contributed by atoms with Gasteiger partial charge in [-0.15, -0.1) is 0 Å². The minimum Gasteiger partial charge on any atom is -0.383 e. The molecule has 1 aliphatic carbocycles. The van der Waals surface area contributed by atoms with E-state index in [1.807, 2.05) is 6.07 Å². The molecule has 8 heteroatoms. The number of anilines is 2. The molecule has 2 rings (SSSR count). The van der Waals surface area contributed by atoms with Gasteiger partial charge in [0.2, 0.25) is 0 Å². The van der Waals surface area contributed by atoms with Gasteiger partial charge in [0.15, 0.2) is 15.7 Å². The summed E-state index contributed by atoms with van der Waals surface area (Å²) >= 11 is 0. The number of nitrogen functional groups attached to an aromatic ring is 1. The van der Waals surface area contributed by atoms with Gasteiger partial charge in [-0.25, -0.2) is 13.1 Å². The first-order valence-electron chi connectivity index (χ1n) is 6.67. The highest BCUT2D eigenvalue weighted by atomic mass is 32.2. The van der Waals surface area contributed by atoms with Gasteiger partial charge < -0.3 is 11.1 Å². The van der Waals surface area contributed by atoms with Crippen LogP contribution in [0, 0.1) is 17.2 Å².